The van der Waals surface area contributed by atoms with Crippen molar-refractivity contribution in [2.75, 3.05) is 20.2 Å². The Labute approximate surface area is 117 Å². The monoisotopic (exact) mass is 278 g/mol. The van der Waals surface area contributed by atoms with Gasteiger partial charge in [0.2, 0.25) is 5.91 Å². The predicted octanol–water partition coefficient (Wildman–Crippen LogP) is 0.486. The number of rotatable bonds is 7. The van der Waals surface area contributed by atoms with E-state index >= 15 is 0 Å². The molecule has 20 heavy (non-hydrogen) atoms. The molecule has 0 saturated carbocycles. The molecule has 0 spiro atoms. The van der Waals surface area contributed by atoms with Crippen molar-refractivity contribution in [2.24, 2.45) is 0 Å². The van der Waals surface area contributed by atoms with E-state index in [1.807, 2.05) is 6.07 Å². The summed E-state index contributed by atoms with van der Waals surface area (Å²) in [6.07, 6.45) is 0.762. The Kier molecular flexibility index (Phi) is 6.81. The summed E-state index contributed by atoms with van der Waals surface area (Å²) in [4.78, 5) is 33.9. The van der Waals surface area contributed by atoms with Gasteiger partial charge >= 0.3 is 5.97 Å². The van der Waals surface area contributed by atoms with Crippen LogP contribution in [0.15, 0.2) is 30.3 Å². The summed E-state index contributed by atoms with van der Waals surface area (Å²) in [5.74, 6) is -0.897. The number of amides is 2. The van der Waals surface area contributed by atoms with Crippen molar-refractivity contribution in [3.63, 3.8) is 0 Å². The third-order valence-electron chi connectivity index (χ3n) is 2.55. The number of benzene rings is 1. The van der Waals surface area contributed by atoms with Crippen molar-refractivity contribution < 1.29 is 19.1 Å². The molecule has 0 aliphatic heterocycles. The molecule has 1 rings (SSSR count). The summed E-state index contributed by atoms with van der Waals surface area (Å²) in [5, 5.41) is 5.12. The summed E-state index contributed by atoms with van der Waals surface area (Å²) in [6.45, 7) is 0.279. The maximum Gasteiger partial charge on any atom is 0.305 e. The zero-order chi connectivity index (χ0) is 14.8. The lowest BCUT2D eigenvalue weighted by Crippen LogP contribution is -2.37. The van der Waals surface area contributed by atoms with Crippen LogP contribution in [0.3, 0.4) is 0 Å². The van der Waals surface area contributed by atoms with Crippen molar-refractivity contribution in [1.82, 2.24) is 10.6 Å². The van der Waals surface area contributed by atoms with Crippen molar-refractivity contribution in [2.45, 2.75) is 12.8 Å². The first-order valence-electron chi connectivity index (χ1n) is 6.30. The quantitative estimate of drug-likeness (QED) is 0.561. The summed E-state index contributed by atoms with van der Waals surface area (Å²) >= 11 is 0. The highest BCUT2D eigenvalue weighted by molar-refractivity contribution is 5.96. The van der Waals surface area contributed by atoms with Crippen LogP contribution in [0.5, 0.6) is 0 Å². The van der Waals surface area contributed by atoms with E-state index in [2.05, 4.69) is 15.4 Å². The molecule has 0 heterocycles. The smallest absolute Gasteiger partial charge is 0.305 e. The highest BCUT2D eigenvalue weighted by Gasteiger charge is 2.07. The van der Waals surface area contributed by atoms with Crippen LogP contribution in [0.25, 0.3) is 0 Å². The van der Waals surface area contributed by atoms with Gasteiger partial charge in [-0.3, -0.25) is 14.4 Å². The van der Waals surface area contributed by atoms with Crippen LogP contribution in [-0.4, -0.2) is 38.0 Å². The van der Waals surface area contributed by atoms with E-state index in [0.717, 1.165) is 0 Å². The molecule has 2 amide bonds. The van der Waals surface area contributed by atoms with Crippen molar-refractivity contribution in [3.8, 4) is 0 Å². The molecule has 0 atom stereocenters. The van der Waals surface area contributed by atoms with Crippen LogP contribution in [0.1, 0.15) is 23.2 Å². The van der Waals surface area contributed by atoms with Gasteiger partial charge in [-0.1, -0.05) is 18.2 Å². The molecule has 0 aliphatic carbocycles. The number of methoxy groups -OCH3 is 1. The van der Waals surface area contributed by atoms with Gasteiger partial charge in [0.15, 0.2) is 0 Å². The van der Waals surface area contributed by atoms with Gasteiger partial charge in [0.25, 0.3) is 5.91 Å². The minimum Gasteiger partial charge on any atom is -0.469 e. The fourth-order valence-electron chi connectivity index (χ4n) is 1.48. The molecule has 0 unspecified atom stereocenters. The van der Waals surface area contributed by atoms with E-state index in [4.69, 9.17) is 0 Å². The standard InChI is InChI=1S/C14H18N2O4/c1-20-13(18)8-5-9-15-12(17)10-16-14(19)11-6-3-2-4-7-11/h2-4,6-7H,5,8-10H2,1H3,(H,15,17)(H,16,19). The molecule has 6 heteroatoms. The topological polar surface area (TPSA) is 84.5 Å². The van der Waals surface area contributed by atoms with Gasteiger partial charge in [0, 0.05) is 18.5 Å². The Hall–Kier alpha value is -2.37. The van der Waals surface area contributed by atoms with E-state index in [1.54, 1.807) is 24.3 Å². The summed E-state index contributed by atoms with van der Waals surface area (Å²) in [7, 11) is 1.32. The van der Waals surface area contributed by atoms with Crippen LogP contribution in [-0.2, 0) is 14.3 Å². The molecular weight excluding hydrogens is 260 g/mol. The van der Waals surface area contributed by atoms with Crippen LogP contribution < -0.4 is 10.6 Å². The maximum atomic E-state index is 11.7. The van der Waals surface area contributed by atoms with Gasteiger partial charge in [0.1, 0.15) is 0 Å². The van der Waals surface area contributed by atoms with Crippen molar-refractivity contribution in [1.29, 1.82) is 0 Å². The zero-order valence-corrected chi connectivity index (χ0v) is 11.3. The molecule has 0 saturated heterocycles. The second-order valence-corrected chi connectivity index (χ2v) is 4.08. The van der Waals surface area contributed by atoms with Gasteiger partial charge < -0.3 is 15.4 Å². The Morgan fingerprint density at radius 1 is 1.10 bits per heavy atom. The highest BCUT2D eigenvalue weighted by atomic mass is 16.5. The van der Waals surface area contributed by atoms with Crippen LogP contribution in [0, 0.1) is 0 Å². The fourth-order valence-corrected chi connectivity index (χ4v) is 1.48. The molecular formula is C14H18N2O4. The first-order valence-corrected chi connectivity index (χ1v) is 6.30. The van der Waals surface area contributed by atoms with Crippen LogP contribution in [0.4, 0.5) is 0 Å². The molecule has 2 N–H and O–H groups in total. The van der Waals surface area contributed by atoms with E-state index in [-0.39, 0.29) is 30.7 Å². The van der Waals surface area contributed by atoms with Crippen molar-refractivity contribution >= 4 is 17.8 Å². The number of carbonyl (C=O) groups is 3. The summed E-state index contributed by atoms with van der Waals surface area (Å²) in [6, 6.07) is 8.65. The SMILES string of the molecule is COC(=O)CCCNC(=O)CNC(=O)c1ccccc1. The summed E-state index contributed by atoms with van der Waals surface area (Å²) < 4.78 is 4.48. The van der Waals surface area contributed by atoms with E-state index in [0.29, 0.717) is 18.5 Å². The average Bonchev–Trinajstić information content (AvgIpc) is 2.49. The first kappa shape index (κ1) is 15.7. The van der Waals surface area contributed by atoms with E-state index in [9.17, 15) is 14.4 Å². The number of hydrogen-bond donors (Lipinski definition) is 2. The zero-order valence-electron chi connectivity index (χ0n) is 11.3. The second-order valence-electron chi connectivity index (χ2n) is 4.08. The number of carbonyl (C=O) groups excluding carboxylic acids is 3. The van der Waals surface area contributed by atoms with Gasteiger partial charge in [-0.15, -0.1) is 0 Å². The molecule has 1 aromatic carbocycles. The lowest BCUT2D eigenvalue weighted by atomic mass is 10.2. The predicted molar refractivity (Wildman–Crippen MR) is 73.0 cm³/mol. The van der Waals surface area contributed by atoms with Gasteiger partial charge in [-0.25, -0.2) is 0 Å². The first-order chi connectivity index (χ1) is 9.63. The fraction of sp³-hybridized carbons (Fsp3) is 0.357. The minimum absolute atomic E-state index is 0.0913. The highest BCUT2D eigenvalue weighted by Crippen LogP contribution is 1.97. The van der Waals surface area contributed by atoms with Crippen LogP contribution in [0.2, 0.25) is 0 Å². The number of esters is 1. The van der Waals surface area contributed by atoms with Gasteiger partial charge in [0.05, 0.1) is 13.7 Å². The third kappa shape index (κ3) is 5.99. The van der Waals surface area contributed by atoms with Crippen LogP contribution >= 0.6 is 0 Å². The molecule has 0 aromatic heterocycles. The maximum absolute atomic E-state index is 11.7. The lowest BCUT2D eigenvalue weighted by Gasteiger charge is -2.06. The molecule has 1 aromatic rings. The Balaban J connectivity index is 2.17. The molecule has 0 bridgehead atoms. The number of nitrogens with one attached hydrogen (secondary N) is 2. The molecule has 0 radical (unpaired) electrons. The van der Waals surface area contributed by atoms with Gasteiger partial charge in [-0.05, 0) is 18.6 Å². The lowest BCUT2D eigenvalue weighted by molar-refractivity contribution is -0.140. The minimum atomic E-state index is -0.309. The normalized spacial score (nSPS) is 9.65. The molecule has 0 aliphatic rings. The van der Waals surface area contributed by atoms with E-state index in [1.165, 1.54) is 7.11 Å². The largest absolute Gasteiger partial charge is 0.469 e. The van der Waals surface area contributed by atoms with E-state index < -0.39 is 0 Å². The van der Waals surface area contributed by atoms with Crippen molar-refractivity contribution in [3.05, 3.63) is 35.9 Å². The average molecular weight is 278 g/mol. The second kappa shape index (κ2) is 8.68. The van der Waals surface area contributed by atoms with Gasteiger partial charge in [-0.2, -0.15) is 0 Å². The number of hydrogen-bond acceptors (Lipinski definition) is 4. The number of ether oxygens (including phenoxy) is 1. The molecule has 0 fully saturated rings. The Morgan fingerprint density at radius 3 is 2.45 bits per heavy atom. The summed E-state index contributed by atoms with van der Waals surface area (Å²) in [5.41, 5.74) is 0.506. The molecule has 108 valence electrons. The third-order valence-corrected chi connectivity index (χ3v) is 2.55. The molecule has 6 nitrogen and oxygen atoms in total. The Morgan fingerprint density at radius 2 is 1.80 bits per heavy atom. The Bertz CT molecular complexity index is 460.